The van der Waals surface area contributed by atoms with Crippen LogP contribution in [0.2, 0.25) is 0 Å². The maximum absolute atomic E-state index is 8.89. The van der Waals surface area contributed by atoms with Crippen molar-refractivity contribution in [1.29, 1.82) is 5.26 Å². The summed E-state index contributed by atoms with van der Waals surface area (Å²) in [6.45, 7) is 5.86. The first-order valence-electron chi connectivity index (χ1n) is 4.31. The van der Waals surface area contributed by atoms with E-state index in [0.29, 0.717) is 11.3 Å². The number of nitriles is 1. The van der Waals surface area contributed by atoms with E-state index in [0.717, 1.165) is 4.47 Å². The van der Waals surface area contributed by atoms with Crippen molar-refractivity contribution in [3.05, 3.63) is 28.2 Å². The van der Waals surface area contributed by atoms with E-state index < -0.39 is 0 Å². The number of rotatable bonds is 1. The molecule has 0 aliphatic heterocycles. The van der Waals surface area contributed by atoms with Gasteiger partial charge in [0.15, 0.2) is 5.75 Å². The molecular formula is C11H12BrNO. The fourth-order valence-electron chi connectivity index (χ4n) is 1.01. The summed E-state index contributed by atoms with van der Waals surface area (Å²) in [6, 6.07) is 7.53. The fourth-order valence-corrected chi connectivity index (χ4v) is 1.45. The van der Waals surface area contributed by atoms with Gasteiger partial charge in [-0.25, -0.2) is 0 Å². The van der Waals surface area contributed by atoms with E-state index >= 15 is 0 Å². The average Bonchev–Trinajstić information content (AvgIpc) is 2.06. The van der Waals surface area contributed by atoms with Crippen molar-refractivity contribution in [3.63, 3.8) is 0 Å². The second kappa shape index (κ2) is 4.02. The number of hydrogen-bond acceptors (Lipinski definition) is 2. The van der Waals surface area contributed by atoms with Gasteiger partial charge in [0.05, 0.1) is 10.0 Å². The molecule has 0 saturated heterocycles. The Hall–Kier alpha value is -1.01. The molecule has 1 rings (SSSR count). The Morgan fingerprint density at radius 3 is 2.50 bits per heavy atom. The zero-order chi connectivity index (χ0) is 10.8. The minimum absolute atomic E-state index is 0.296. The lowest BCUT2D eigenvalue weighted by Gasteiger charge is -2.22. The minimum atomic E-state index is -0.296. The van der Waals surface area contributed by atoms with Crippen molar-refractivity contribution < 1.29 is 4.74 Å². The third kappa shape index (κ3) is 2.74. The molecular weight excluding hydrogens is 242 g/mol. The molecule has 0 bridgehead atoms. The van der Waals surface area contributed by atoms with Gasteiger partial charge in [-0.3, -0.25) is 0 Å². The number of hydrogen-bond donors (Lipinski definition) is 0. The van der Waals surface area contributed by atoms with Crippen molar-refractivity contribution >= 4 is 15.9 Å². The van der Waals surface area contributed by atoms with Crippen LogP contribution in [-0.2, 0) is 0 Å². The molecule has 0 heterocycles. The molecule has 0 amide bonds. The molecule has 2 nitrogen and oxygen atoms in total. The van der Waals surface area contributed by atoms with Crippen LogP contribution in [0.5, 0.6) is 5.75 Å². The molecule has 1 aromatic rings. The molecule has 1 aromatic carbocycles. The second-order valence-corrected chi connectivity index (χ2v) is 4.80. The molecule has 0 saturated carbocycles. The van der Waals surface area contributed by atoms with Gasteiger partial charge >= 0.3 is 0 Å². The summed E-state index contributed by atoms with van der Waals surface area (Å²) < 4.78 is 6.50. The molecule has 0 aliphatic rings. The quantitative estimate of drug-likeness (QED) is 0.768. The third-order valence-electron chi connectivity index (χ3n) is 1.50. The van der Waals surface area contributed by atoms with Gasteiger partial charge in [0, 0.05) is 0 Å². The third-order valence-corrected chi connectivity index (χ3v) is 2.12. The van der Waals surface area contributed by atoms with E-state index in [9.17, 15) is 0 Å². The summed E-state index contributed by atoms with van der Waals surface area (Å²) >= 11 is 3.36. The van der Waals surface area contributed by atoms with Crippen LogP contribution in [0.3, 0.4) is 0 Å². The molecule has 3 heteroatoms. The molecule has 0 N–H and O–H groups in total. The molecule has 0 aliphatic carbocycles. The molecule has 0 radical (unpaired) electrons. The molecule has 0 atom stereocenters. The highest BCUT2D eigenvalue weighted by molar-refractivity contribution is 9.10. The lowest BCUT2D eigenvalue weighted by Crippen LogP contribution is -2.23. The number of ether oxygens (including phenoxy) is 1. The summed E-state index contributed by atoms with van der Waals surface area (Å²) in [4.78, 5) is 0. The van der Waals surface area contributed by atoms with Crippen LogP contribution in [0.4, 0.5) is 0 Å². The Balaban J connectivity index is 3.13. The Morgan fingerprint density at radius 2 is 2.00 bits per heavy atom. The first-order valence-corrected chi connectivity index (χ1v) is 5.11. The van der Waals surface area contributed by atoms with E-state index in [4.69, 9.17) is 10.00 Å². The van der Waals surface area contributed by atoms with Crippen LogP contribution in [0.25, 0.3) is 0 Å². The maximum atomic E-state index is 8.89. The van der Waals surface area contributed by atoms with Crippen molar-refractivity contribution in [2.45, 2.75) is 26.4 Å². The number of halogens is 1. The van der Waals surface area contributed by atoms with Crippen molar-refractivity contribution in [3.8, 4) is 11.8 Å². The standard InChI is InChI=1S/C11H12BrNO/c1-11(2,3)14-10-8(7-13)5-4-6-9(10)12/h4-6H,1-3H3. The van der Waals surface area contributed by atoms with E-state index in [1.807, 2.05) is 32.9 Å². The van der Waals surface area contributed by atoms with Crippen molar-refractivity contribution in [2.24, 2.45) is 0 Å². The molecule has 0 fully saturated rings. The second-order valence-electron chi connectivity index (χ2n) is 3.94. The van der Waals surface area contributed by atoms with E-state index in [1.54, 1.807) is 6.07 Å². The predicted molar refractivity (Wildman–Crippen MR) is 59.2 cm³/mol. The Kier molecular flexibility index (Phi) is 3.17. The van der Waals surface area contributed by atoms with E-state index in [1.165, 1.54) is 0 Å². The van der Waals surface area contributed by atoms with Gasteiger partial charge in [0.1, 0.15) is 11.7 Å². The molecule has 0 spiro atoms. The van der Waals surface area contributed by atoms with E-state index in [-0.39, 0.29) is 5.60 Å². The predicted octanol–water partition coefficient (Wildman–Crippen LogP) is 3.50. The SMILES string of the molecule is CC(C)(C)Oc1c(Br)cccc1C#N. The topological polar surface area (TPSA) is 33.0 Å². The monoisotopic (exact) mass is 253 g/mol. The maximum Gasteiger partial charge on any atom is 0.152 e. The molecule has 0 unspecified atom stereocenters. The minimum Gasteiger partial charge on any atom is -0.486 e. The summed E-state index contributed by atoms with van der Waals surface area (Å²) in [5.74, 6) is 0.613. The van der Waals surface area contributed by atoms with Gasteiger partial charge in [0.25, 0.3) is 0 Å². The lowest BCUT2D eigenvalue weighted by molar-refractivity contribution is 0.129. The zero-order valence-corrected chi connectivity index (χ0v) is 10.1. The smallest absolute Gasteiger partial charge is 0.152 e. The van der Waals surface area contributed by atoms with Gasteiger partial charge in [-0.05, 0) is 48.8 Å². The van der Waals surface area contributed by atoms with Gasteiger partial charge in [0.2, 0.25) is 0 Å². The normalized spacial score (nSPS) is 10.8. The lowest BCUT2D eigenvalue weighted by atomic mass is 10.1. The van der Waals surface area contributed by atoms with Crippen LogP contribution in [0.1, 0.15) is 26.3 Å². The first kappa shape index (κ1) is 11.1. The van der Waals surface area contributed by atoms with E-state index in [2.05, 4.69) is 22.0 Å². The summed E-state index contributed by atoms with van der Waals surface area (Å²) in [5.41, 5.74) is 0.254. The van der Waals surface area contributed by atoms with Gasteiger partial charge in [-0.2, -0.15) is 5.26 Å². The Morgan fingerprint density at radius 1 is 1.36 bits per heavy atom. The number of nitrogens with zero attached hydrogens (tertiary/aromatic N) is 1. The van der Waals surface area contributed by atoms with Gasteiger partial charge < -0.3 is 4.74 Å². The van der Waals surface area contributed by atoms with Crippen LogP contribution in [0.15, 0.2) is 22.7 Å². The van der Waals surface area contributed by atoms with Crippen LogP contribution >= 0.6 is 15.9 Å². The highest BCUT2D eigenvalue weighted by Gasteiger charge is 2.16. The average molecular weight is 254 g/mol. The van der Waals surface area contributed by atoms with Crippen molar-refractivity contribution in [2.75, 3.05) is 0 Å². The fraction of sp³-hybridized carbons (Fsp3) is 0.364. The number of benzene rings is 1. The zero-order valence-electron chi connectivity index (χ0n) is 8.47. The largest absolute Gasteiger partial charge is 0.486 e. The van der Waals surface area contributed by atoms with Crippen molar-refractivity contribution in [1.82, 2.24) is 0 Å². The summed E-state index contributed by atoms with van der Waals surface area (Å²) in [6.07, 6.45) is 0. The summed E-state index contributed by atoms with van der Waals surface area (Å²) in [5, 5.41) is 8.89. The van der Waals surface area contributed by atoms with Crippen LogP contribution in [0, 0.1) is 11.3 Å². The van der Waals surface area contributed by atoms with Gasteiger partial charge in [-0.15, -0.1) is 0 Å². The first-order chi connectivity index (χ1) is 6.44. The molecule has 14 heavy (non-hydrogen) atoms. The Bertz CT molecular complexity index is 374. The molecule has 74 valence electrons. The summed E-state index contributed by atoms with van der Waals surface area (Å²) in [7, 11) is 0. The van der Waals surface area contributed by atoms with Gasteiger partial charge in [-0.1, -0.05) is 6.07 Å². The molecule has 0 aromatic heterocycles. The Labute approximate surface area is 92.6 Å². The highest BCUT2D eigenvalue weighted by atomic mass is 79.9. The highest BCUT2D eigenvalue weighted by Crippen LogP contribution is 2.31. The number of para-hydroxylation sites is 1. The van der Waals surface area contributed by atoms with Crippen LogP contribution < -0.4 is 4.74 Å². The van der Waals surface area contributed by atoms with Crippen LogP contribution in [-0.4, -0.2) is 5.60 Å².